The number of hydrogen-bond acceptors (Lipinski definition) is 10. The minimum Gasteiger partial charge on any atom is -0.479 e. The fraction of sp³-hybridized carbons (Fsp3) is 0.882. The summed E-state index contributed by atoms with van der Waals surface area (Å²) in [5.74, 6) is -1.76. The molecule has 2 aliphatic heterocycles. The minimum atomic E-state index is -1.78. The lowest BCUT2D eigenvalue weighted by atomic mass is 9.84. The first kappa shape index (κ1) is 23.9. The largest absolute Gasteiger partial charge is 0.479 e. The Morgan fingerprint density at radius 2 is 1.90 bits per heavy atom. The molecular weight excluding hydrogens is 394 g/mol. The Balaban J connectivity index is 2.12. The standard InChI is InChI=1S/C17H29NO11/c1-7-9(18-8(2)20)4-17(25,10(5-19)28-7)6-27-16-12(22)11(21)13(26-3)14(29-16)15(23)24/h7,9-14,16,19,21-22,25H,4-6H2,1-3H3,(H,18,20)(H,23,24). The quantitative estimate of drug-likeness (QED) is 0.244. The second-order valence-corrected chi connectivity index (χ2v) is 7.38. The van der Waals surface area contributed by atoms with Crippen LogP contribution in [0.15, 0.2) is 0 Å². The number of carbonyl (C=O) groups excluding carboxylic acids is 1. The van der Waals surface area contributed by atoms with Gasteiger partial charge in [0.25, 0.3) is 0 Å². The van der Waals surface area contributed by atoms with Gasteiger partial charge >= 0.3 is 5.97 Å². The van der Waals surface area contributed by atoms with Crippen LogP contribution in [0.2, 0.25) is 0 Å². The van der Waals surface area contributed by atoms with Crippen LogP contribution in [0.1, 0.15) is 20.3 Å². The lowest BCUT2D eigenvalue weighted by Gasteiger charge is -2.46. The van der Waals surface area contributed by atoms with E-state index < -0.39 is 73.7 Å². The van der Waals surface area contributed by atoms with Crippen molar-refractivity contribution in [3.63, 3.8) is 0 Å². The maximum atomic E-state index is 11.4. The Morgan fingerprint density at radius 3 is 2.41 bits per heavy atom. The molecule has 12 heteroatoms. The number of amides is 1. The van der Waals surface area contributed by atoms with Gasteiger partial charge in [0.15, 0.2) is 12.4 Å². The molecule has 0 saturated carbocycles. The van der Waals surface area contributed by atoms with Gasteiger partial charge in [-0.3, -0.25) is 4.79 Å². The van der Waals surface area contributed by atoms with Crippen LogP contribution >= 0.6 is 0 Å². The van der Waals surface area contributed by atoms with E-state index in [1.165, 1.54) is 14.0 Å². The van der Waals surface area contributed by atoms with E-state index in [1.54, 1.807) is 6.92 Å². The third-order valence-electron chi connectivity index (χ3n) is 5.23. The van der Waals surface area contributed by atoms with Crippen LogP contribution in [0.5, 0.6) is 0 Å². The SMILES string of the molecule is COC1C(C(=O)O)OC(OCC2(O)CC(NC(C)=O)C(C)OC2CO)C(O)C1O. The number of aliphatic carboxylic acids is 1. The summed E-state index contributed by atoms with van der Waals surface area (Å²) in [6.45, 7) is 1.92. The van der Waals surface area contributed by atoms with Crippen molar-refractivity contribution in [3.05, 3.63) is 0 Å². The summed E-state index contributed by atoms with van der Waals surface area (Å²) in [4.78, 5) is 22.8. The van der Waals surface area contributed by atoms with Gasteiger partial charge < -0.3 is 49.8 Å². The first-order valence-corrected chi connectivity index (χ1v) is 9.18. The molecule has 0 aromatic heterocycles. The maximum absolute atomic E-state index is 11.4. The summed E-state index contributed by atoms with van der Waals surface area (Å²) >= 11 is 0. The molecule has 2 saturated heterocycles. The van der Waals surface area contributed by atoms with E-state index in [9.17, 15) is 35.1 Å². The highest BCUT2D eigenvalue weighted by Gasteiger charge is 2.51. The molecule has 0 aromatic carbocycles. The van der Waals surface area contributed by atoms with Crippen LogP contribution < -0.4 is 5.32 Å². The van der Waals surface area contributed by atoms with Gasteiger partial charge in [-0.2, -0.15) is 0 Å². The molecule has 2 rings (SSSR count). The molecule has 0 aliphatic carbocycles. The number of aliphatic hydroxyl groups excluding tert-OH is 3. The topological polar surface area (TPSA) is 184 Å². The smallest absolute Gasteiger partial charge is 0.335 e. The predicted octanol–water partition coefficient (Wildman–Crippen LogP) is -3.05. The fourth-order valence-corrected chi connectivity index (χ4v) is 3.62. The molecule has 2 aliphatic rings. The van der Waals surface area contributed by atoms with Crippen LogP contribution in [-0.4, -0.2) is 112 Å². The molecular formula is C17H29NO11. The van der Waals surface area contributed by atoms with Crippen LogP contribution in [0.3, 0.4) is 0 Å². The number of hydrogen-bond donors (Lipinski definition) is 6. The van der Waals surface area contributed by atoms with Crippen molar-refractivity contribution in [2.24, 2.45) is 0 Å². The van der Waals surface area contributed by atoms with E-state index in [-0.39, 0.29) is 12.3 Å². The highest BCUT2D eigenvalue weighted by atomic mass is 16.7. The van der Waals surface area contributed by atoms with Crippen molar-refractivity contribution < 1.29 is 54.1 Å². The Bertz CT molecular complexity index is 590. The molecule has 1 amide bonds. The maximum Gasteiger partial charge on any atom is 0.335 e. The van der Waals surface area contributed by atoms with Crippen LogP contribution in [0, 0.1) is 0 Å². The van der Waals surface area contributed by atoms with Crippen LogP contribution in [-0.2, 0) is 28.5 Å². The molecule has 2 heterocycles. The van der Waals surface area contributed by atoms with Gasteiger partial charge in [0.2, 0.25) is 5.91 Å². The highest BCUT2D eigenvalue weighted by molar-refractivity contribution is 5.73. The molecule has 2 fully saturated rings. The summed E-state index contributed by atoms with van der Waals surface area (Å²) in [6, 6.07) is -0.573. The van der Waals surface area contributed by atoms with Gasteiger partial charge in [0.05, 0.1) is 25.4 Å². The van der Waals surface area contributed by atoms with Gasteiger partial charge in [-0.1, -0.05) is 0 Å². The van der Waals surface area contributed by atoms with Crippen LogP contribution in [0.25, 0.3) is 0 Å². The van der Waals surface area contributed by atoms with E-state index in [1.807, 2.05) is 0 Å². The van der Waals surface area contributed by atoms with Gasteiger partial charge in [-0.15, -0.1) is 0 Å². The average molecular weight is 423 g/mol. The molecule has 168 valence electrons. The second-order valence-electron chi connectivity index (χ2n) is 7.38. The molecule has 29 heavy (non-hydrogen) atoms. The molecule has 0 bridgehead atoms. The fourth-order valence-electron chi connectivity index (χ4n) is 3.62. The first-order valence-electron chi connectivity index (χ1n) is 9.18. The number of rotatable bonds is 7. The normalized spacial score (nSPS) is 43.0. The predicted molar refractivity (Wildman–Crippen MR) is 93.7 cm³/mol. The number of carboxylic acids is 1. The van der Waals surface area contributed by atoms with Crippen molar-refractivity contribution in [2.45, 2.75) is 74.8 Å². The number of nitrogens with one attached hydrogen (secondary N) is 1. The van der Waals surface area contributed by atoms with E-state index in [4.69, 9.17) is 18.9 Å². The van der Waals surface area contributed by atoms with E-state index in [0.717, 1.165) is 0 Å². The number of carboxylic acid groups (broad SMARTS) is 1. The highest BCUT2D eigenvalue weighted by Crippen LogP contribution is 2.32. The molecule has 9 unspecified atom stereocenters. The minimum absolute atomic E-state index is 0.0343. The molecule has 9 atom stereocenters. The lowest BCUT2D eigenvalue weighted by molar-refractivity contribution is -0.313. The Kier molecular flexibility index (Phi) is 7.93. The molecule has 6 N–H and O–H groups in total. The Morgan fingerprint density at radius 1 is 1.24 bits per heavy atom. The lowest BCUT2D eigenvalue weighted by Crippen LogP contribution is -2.64. The summed E-state index contributed by atoms with van der Waals surface area (Å²) < 4.78 is 21.1. The molecule has 12 nitrogen and oxygen atoms in total. The zero-order valence-corrected chi connectivity index (χ0v) is 16.4. The molecule has 0 aromatic rings. The van der Waals surface area contributed by atoms with Crippen LogP contribution in [0.4, 0.5) is 0 Å². The van der Waals surface area contributed by atoms with Crippen molar-refractivity contribution in [2.75, 3.05) is 20.3 Å². The van der Waals surface area contributed by atoms with Crippen molar-refractivity contribution in [1.82, 2.24) is 5.32 Å². The molecule has 0 spiro atoms. The average Bonchev–Trinajstić information content (AvgIpc) is 2.64. The Hall–Kier alpha value is -1.38. The van der Waals surface area contributed by atoms with Gasteiger partial charge in [0.1, 0.15) is 30.0 Å². The third-order valence-corrected chi connectivity index (χ3v) is 5.23. The van der Waals surface area contributed by atoms with E-state index >= 15 is 0 Å². The van der Waals surface area contributed by atoms with Crippen molar-refractivity contribution >= 4 is 11.9 Å². The summed E-state index contributed by atoms with van der Waals surface area (Å²) in [6.07, 6.45) is -9.37. The first-order chi connectivity index (χ1) is 13.5. The monoisotopic (exact) mass is 423 g/mol. The van der Waals surface area contributed by atoms with Crippen molar-refractivity contribution in [1.29, 1.82) is 0 Å². The summed E-state index contributed by atoms with van der Waals surface area (Å²) in [5.41, 5.74) is -1.78. The van der Waals surface area contributed by atoms with E-state index in [2.05, 4.69) is 5.32 Å². The number of methoxy groups -OCH3 is 1. The van der Waals surface area contributed by atoms with Gasteiger partial charge in [0, 0.05) is 20.5 Å². The number of carbonyl (C=O) groups is 2. The van der Waals surface area contributed by atoms with Crippen molar-refractivity contribution in [3.8, 4) is 0 Å². The van der Waals surface area contributed by atoms with Gasteiger partial charge in [-0.05, 0) is 6.92 Å². The number of aliphatic hydroxyl groups is 4. The molecule has 0 radical (unpaired) electrons. The third kappa shape index (κ3) is 5.22. The zero-order valence-electron chi connectivity index (χ0n) is 16.4. The second kappa shape index (κ2) is 9.62. The Labute approximate surface area is 167 Å². The summed E-state index contributed by atoms with van der Waals surface area (Å²) in [5, 5.41) is 52.8. The summed E-state index contributed by atoms with van der Waals surface area (Å²) in [7, 11) is 1.17. The van der Waals surface area contributed by atoms with E-state index in [0.29, 0.717) is 0 Å². The number of ether oxygens (including phenoxy) is 4. The van der Waals surface area contributed by atoms with Gasteiger partial charge in [-0.25, -0.2) is 4.79 Å². The zero-order chi connectivity index (χ0) is 21.9.